The van der Waals surface area contributed by atoms with Crippen molar-refractivity contribution in [2.75, 3.05) is 13.7 Å². The topological polar surface area (TPSA) is 116 Å². The number of esters is 3. The highest BCUT2D eigenvalue weighted by molar-refractivity contribution is 7.11. The third-order valence-corrected chi connectivity index (χ3v) is 5.06. The van der Waals surface area contributed by atoms with E-state index in [0.717, 1.165) is 18.4 Å². The van der Waals surface area contributed by atoms with Crippen LogP contribution in [-0.2, 0) is 28.6 Å². The molecule has 132 valence electrons. The van der Waals surface area contributed by atoms with Crippen molar-refractivity contribution in [2.24, 2.45) is 5.92 Å². The van der Waals surface area contributed by atoms with E-state index in [1.165, 1.54) is 13.0 Å². The monoisotopic (exact) mass is 366 g/mol. The van der Waals surface area contributed by atoms with Crippen molar-refractivity contribution in [1.29, 1.82) is 0 Å². The maximum Gasteiger partial charge on any atom is 0.349 e. The number of ether oxygens (including phenoxy) is 3. The van der Waals surface area contributed by atoms with E-state index >= 15 is 0 Å². The van der Waals surface area contributed by atoms with E-state index in [1.807, 2.05) is 0 Å². The van der Waals surface area contributed by atoms with Gasteiger partial charge in [0.1, 0.15) is 23.0 Å². The van der Waals surface area contributed by atoms with Crippen LogP contribution in [0, 0.1) is 5.92 Å². The minimum Gasteiger partial charge on any atom is -0.466 e. The number of cyclic esters (lactones) is 1. The first-order chi connectivity index (χ1) is 11.8. The van der Waals surface area contributed by atoms with Gasteiger partial charge in [0.2, 0.25) is 5.78 Å². The molecule has 2 heterocycles. The van der Waals surface area contributed by atoms with Gasteiger partial charge in [0.15, 0.2) is 6.10 Å². The number of ketones is 1. The summed E-state index contributed by atoms with van der Waals surface area (Å²) < 4.78 is 14.6. The quantitative estimate of drug-likeness (QED) is 0.598. The third-order valence-electron chi connectivity index (χ3n) is 4.21. The highest BCUT2D eigenvalue weighted by Crippen LogP contribution is 2.44. The second kappa shape index (κ2) is 6.08. The molecule has 0 radical (unpaired) electrons. The Morgan fingerprint density at radius 2 is 2.08 bits per heavy atom. The maximum atomic E-state index is 12.7. The number of fused-ring (bicyclic) bond motifs is 1. The number of rotatable bonds is 3. The minimum absolute atomic E-state index is 0.160. The number of thiophene rings is 1. The minimum atomic E-state index is -2.05. The molecule has 1 saturated carbocycles. The Kier molecular flexibility index (Phi) is 4.21. The average molecular weight is 366 g/mol. The van der Waals surface area contributed by atoms with Crippen LogP contribution in [0.5, 0.6) is 0 Å². The van der Waals surface area contributed by atoms with Gasteiger partial charge in [-0.1, -0.05) is 6.07 Å². The molecular weight excluding hydrogens is 352 g/mol. The summed E-state index contributed by atoms with van der Waals surface area (Å²) in [4.78, 5) is 49.1. The Hall–Kier alpha value is -2.52. The molecule has 0 amide bonds. The number of methoxy groups -OCH3 is 1. The molecule has 0 spiro atoms. The molecule has 0 saturated heterocycles. The van der Waals surface area contributed by atoms with E-state index in [1.54, 1.807) is 11.4 Å². The fraction of sp³-hybridized carbons (Fsp3) is 0.375. The Balaban J connectivity index is 2.02. The van der Waals surface area contributed by atoms with Crippen molar-refractivity contribution in [3.63, 3.8) is 0 Å². The molecule has 9 heteroatoms. The molecule has 8 nitrogen and oxygen atoms in total. The smallest absolute Gasteiger partial charge is 0.349 e. The first-order valence-electron chi connectivity index (χ1n) is 7.28. The van der Waals surface area contributed by atoms with Gasteiger partial charge >= 0.3 is 17.9 Å². The van der Waals surface area contributed by atoms with Crippen molar-refractivity contribution >= 4 is 35.0 Å². The summed E-state index contributed by atoms with van der Waals surface area (Å²) in [7, 11) is 1.12. The molecule has 0 bridgehead atoms. The molecule has 1 fully saturated rings. The standard InChI is InChI=1S/C16H14O8S/c1-16(21)10-9(7(13(18)22-2)6-23-15(10)20)11(17)12(16)24-14(19)8-4-3-5-25-8/h3-5,10,12,21H,6H2,1-2H3/t10-,12+,16-/m1/s1. The molecule has 25 heavy (non-hydrogen) atoms. The Labute approximate surface area is 146 Å². The molecule has 0 aromatic carbocycles. The fourth-order valence-electron chi connectivity index (χ4n) is 3.00. The van der Waals surface area contributed by atoms with Gasteiger partial charge in [-0.05, 0) is 18.4 Å². The van der Waals surface area contributed by atoms with Crippen molar-refractivity contribution in [1.82, 2.24) is 0 Å². The van der Waals surface area contributed by atoms with Gasteiger partial charge in [-0.3, -0.25) is 9.59 Å². The fourth-order valence-corrected chi connectivity index (χ4v) is 3.61. The summed E-state index contributed by atoms with van der Waals surface area (Å²) in [5, 5.41) is 12.4. The van der Waals surface area contributed by atoms with Gasteiger partial charge < -0.3 is 19.3 Å². The van der Waals surface area contributed by atoms with Crippen LogP contribution in [0.3, 0.4) is 0 Å². The normalized spacial score (nSPS) is 28.4. The summed E-state index contributed by atoms with van der Waals surface area (Å²) >= 11 is 1.11. The number of carbonyl (C=O) groups is 4. The zero-order chi connectivity index (χ0) is 18.4. The molecule has 1 aliphatic carbocycles. The molecule has 1 aliphatic heterocycles. The molecule has 3 atom stereocenters. The average Bonchev–Trinajstić information content (AvgIpc) is 3.17. The molecule has 2 aliphatic rings. The van der Waals surface area contributed by atoms with E-state index in [-0.39, 0.29) is 16.0 Å². The lowest BCUT2D eigenvalue weighted by Crippen LogP contribution is -2.48. The number of Topliss-reactive ketones (excluding diaryl/α,β-unsaturated/α-hetero) is 1. The molecule has 0 unspecified atom stereocenters. The largest absolute Gasteiger partial charge is 0.466 e. The highest BCUT2D eigenvalue weighted by atomic mass is 32.1. The van der Waals surface area contributed by atoms with E-state index < -0.39 is 47.9 Å². The molecule has 1 aromatic rings. The number of hydrogen-bond donors (Lipinski definition) is 1. The summed E-state index contributed by atoms with van der Waals surface area (Å²) in [6.45, 7) is 0.751. The second-order valence-electron chi connectivity index (χ2n) is 5.78. The first kappa shape index (κ1) is 17.3. The lowest BCUT2D eigenvalue weighted by Gasteiger charge is -2.29. The molecule has 3 rings (SSSR count). The van der Waals surface area contributed by atoms with Crippen LogP contribution in [0.4, 0.5) is 0 Å². The van der Waals surface area contributed by atoms with Gasteiger partial charge in [0.25, 0.3) is 0 Å². The van der Waals surface area contributed by atoms with E-state index in [2.05, 4.69) is 4.74 Å². The summed E-state index contributed by atoms with van der Waals surface area (Å²) in [6, 6.07) is 3.13. The van der Waals surface area contributed by atoms with Crippen molar-refractivity contribution < 1.29 is 38.5 Å². The van der Waals surface area contributed by atoms with Crippen LogP contribution in [-0.4, -0.2) is 54.2 Å². The summed E-state index contributed by atoms with van der Waals surface area (Å²) in [5.41, 5.74) is -2.43. The van der Waals surface area contributed by atoms with Crippen LogP contribution < -0.4 is 0 Å². The van der Waals surface area contributed by atoms with E-state index in [9.17, 15) is 24.3 Å². The zero-order valence-corrected chi connectivity index (χ0v) is 14.1. The van der Waals surface area contributed by atoms with Crippen LogP contribution in [0.2, 0.25) is 0 Å². The predicted molar refractivity (Wildman–Crippen MR) is 82.6 cm³/mol. The van der Waals surface area contributed by atoms with Crippen LogP contribution in [0.15, 0.2) is 28.7 Å². The van der Waals surface area contributed by atoms with Crippen molar-refractivity contribution in [3.05, 3.63) is 33.5 Å². The van der Waals surface area contributed by atoms with Gasteiger partial charge in [0.05, 0.1) is 12.7 Å². The Morgan fingerprint density at radius 3 is 2.68 bits per heavy atom. The van der Waals surface area contributed by atoms with Crippen LogP contribution in [0.25, 0.3) is 0 Å². The Bertz CT molecular complexity index is 789. The van der Waals surface area contributed by atoms with Gasteiger partial charge in [-0.25, -0.2) is 9.59 Å². The molecule has 1 N–H and O–H groups in total. The van der Waals surface area contributed by atoms with E-state index in [0.29, 0.717) is 0 Å². The van der Waals surface area contributed by atoms with Gasteiger partial charge in [0, 0.05) is 5.57 Å². The maximum absolute atomic E-state index is 12.7. The van der Waals surface area contributed by atoms with Crippen LogP contribution in [0.1, 0.15) is 16.6 Å². The predicted octanol–water partition coefficient (Wildman–Crippen LogP) is 0.250. The number of hydrogen-bond acceptors (Lipinski definition) is 9. The third kappa shape index (κ3) is 2.65. The number of carbonyl (C=O) groups excluding carboxylic acids is 4. The molecule has 1 aromatic heterocycles. The Morgan fingerprint density at radius 1 is 1.36 bits per heavy atom. The van der Waals surface area contributed by atoms with E-state index in [4.69, 9.17) is 9.47 Å². The first-order valence-corrected chi connectivity index (χ1v) is 8.16. The summed E-state index contributed by atoms with van der Waals surface area (Å²) in [6.07, 6.45) is -1.63. The molecular formula is C16H14O8S. The lowest BCUT2D eigenvalue weighted by molar-refractivity contribution is -0.160. The van der Waals surface area contributed by atoms with Gasteiger partial charge in [-0.2, -0.15) is 0 Å². The highest BCUT2D eigenvalue weighted by Gasteiger charge is 2.62. The van der Waals surface area contributed by atoms with Crippen molar-refractivity contribution in [2.45, 2.75) is 18.6 Å². The number of aliphatic hydroxyl groups is 1. The lowest BCUT2D eigenvalue weighted by atomic mass is 9.86. The second-order valence-corrected chi connectivity index (χ2v) is 6.72. The zero-order valence-electron chi connectivity index (χ0n) is 13.3. The SMILES string of the molecule is COC(=O)C1=C2C(=O)[C@H](OC(=O)c3cccs3)[C@](C)(O)[C@H]2C(=O)OC1. The summed E-state index contributed by atoms with van der Waals surface area (Å²) in [5.74, 6) is -4.75. The van der Waals surface area contributed by atoms with Crippen LogP contribution >= 0.6 is 11.3 Å². The van der Waals surface area contributed by atoms with Crippen molar-refractivity contribution in [3.8, 4) is 0 Å². The van der Waals surface area contributed by atoms with Gasteiger partial charge in [-0.15, -0.1) is 11.3 Å².